The number of hydrogen-bond acceptors (Lipinski definition) is 4. The van der Waals surface area contributed by atoms with E-state index < -0.39 is 5.41 Å². The Kier molecular flexibility index (Phi) is 11.2. The molecule has 0 aromatic carbocycles. The summed E-state index contributed by atoms with van der Waals surface area (Å²) in [4.78, 5) is 23.7. The quantitative estimate of drug-likeness (QED) is 0.368. The zero-order valence-corrected chi connectivity index (χ0v) is 16.5. The molecule has 0 radical (unpaired) electrons. The predicted octanol–water partition coefficient (Wildman–Crippen LogP) is 4.67. The molecular weight excluding hydrogens is 304 g/mol. The molecule has 4 heteroatoms. The van der Waals surface area contributed by atoms with E-state index in [9.17, 15) is 14.7 Å². The highest BCUT2D eigenvalue weighted by atomic mass is 16.5. The number of hydrogen-bond donors (Lipinski definition) is 1. The van der Waals surface area contributed by atoms with Gasteiger partial charge in [0.05, 0.1) is 12.0 Å². The molecule has 0 unspecified atom stereocenters. The van der Waals surface area contributed by atoms with Gasteiger partial charge in [0.1, 0.15) is 5.78 Å². The average Bonchev–Trinajstić information content (AvgIpc) is 2.51. The largest absolute Gasteiger partial charge is 0.466 e. The third kappa shape index (κ3) is 10.8. The molecular formula is C20H38O4. The molecule has 24 heavy (non-hydrogen) atoms. The van der Waals surface area contributed by atoms with Crippen molar-refractivity contribution in [1.29, 1.82) is 0 Å². The molecule has 0 aliphatic rings. The number of aliphatic hydroxyl groups is 1. The van der Waals surface area contributed by atoms with Crippen molar-refractivity contribution in [3.63, 3.8) is 0 Å². The van der Waals surface area contributed by atoms with Crippen molar-refractivity contribution in [3.8, 4) is 0 Å². The van der Waals surface area contributed by atoms with Crippen LogP contribution in [-0.4, -0.2) is 30.1 Å². The fourth-order valence-electron chi connectivity index (χ4n) is 2.62. The zero-order chi connectivity index (χ0) is 18.6. The van der Waals surface area contributed by atoms with E-state index in [1.54, 1.807) is 0 Å². The molecule has 0 fully saturated rings. The number of aliphatic hydroxyl groups excluding tert-OH is 1. The number of Topliss-reactive ketones (excluding diaryl/α,β-unsaturated/α-hetero) is 1. The van der Waals surface area contributed by atoms with Crippen molar-refractivity contribution in [2.75, 3.05) is 13.2 Å². The third-order valence-corrected chi connectivity index (χ3v) is 4.57. The molecule has 0 spiro atoms. The van der Waals surface area contributed by atoms with Gasteiger partial charge in [-0.1, -0.05) is 33.1 Å². The van der Waals surface area contributed by atoms with Gasteiger partial charge in [0.2, 0.25) is 0 Å². The Balaban J connectivity index is 3.72. The van der Waals surface area contributed by atoms with Crippen LogP contribution in [0.4, 0.5) is 0 Å². The number of unbranched alkanes of at least 4 members (excludes halogenated alkanes) is 3. The lowest BCUT2D eigenvalue weighted by atomic mass is 9.86. The van der Waals surface area contributed by atoms with Crippen LogP contribution in [-0.2, 0) is 14.3 Å². The van der Waals surface area contributed by atoms with Gasteiger partial charge in [0, 0.05) is 19.4 Å². The summed E-state index contributed by atoms with van der Waals surface area (Å²) in [5, 5.41) is 9.20. The van der Waals surface area contributed by atoms with Crippen molar-refractivity contribution >= 4 is 11.8 Å². The minimum Gasteiger partial charge on any atom is -0.466 e. The first kappa shape index (κ1) is 23.1. The molecule has 0 aromatic heterocycles. The summed E-state index contributed by atoms with van der Waals surface area (Å²) in [7, 11) is 0. The van der Waals surface area contributed by atoms with Crippen molar-refractivity contribution in [1.82, 2.24) is 0 Å². The summed E-state index contributed by atoms with van der Waals surface area (Å²) in [6.45, 7) is 10.4. The molecule has 0 amide bonds. The normalized spacial score (nSPS) is 12.2. The predicted molar refractivity (Wildman–Crippen MR) is 97.8 cm³/mol. The van der Waals surface area contributed by atoms with Gasteiger partial charge in [-0.2, -0.15) is 0 Å². The Morgan fingerprint density at radius 3 is 1.96 bits per heavy atom. The van der Waals surface area contributed by atoms with Crippen molar-refractivity contribution in [2.45, 2.75) is 92.4 Å². The number of rotatable bonds is 14. The van der Waals surface area contributed by atoms with E-state index in [1.165, 1.54) is 0 Å². The SMILES string of the molecule is CCOC(=O)C(C)(C)CCCCC(=O)CCCCCC(C)(C)CO. The highest BCUT2D eigenvalue weighted by Gasteiger charge is 2.28. The van der Waals surface area contributed by atoms with Crippen LogP contribution in [0.2, 0.25) is 0 Å². The maximum atomic E-state index is 11.9. The van der Waals surface area contributed by atoms with Crippen LogP contribution in [0.1, 0.15) is 92.4 Å². The summed E-state index contributed by atoms with van der Waals surface area (Å²) in [5.74, 6) is 0.174. The van der Waals surface area contributed by atoms with Crippen LogP contribution in [0, 0.1) is 10.8 Å². The molecule has 0 saturated carbocycles. The van der Waals surface area contributed by atoms with E-state index >= 15 is 0 Å². The molecule has 1 N–H and O–H groups in total. The maximum absolute atomic E-state index is 11.9. The summed E-state index contributed by atoms with van der Waals surface area (Å²) in [6, 6.07) is 0. The second kappa shape index (κ2) is 11.6. The number of carbonyl (C=O) groups excluding carboxylic acids is 2. The van der Waals surface area contributed by atoms with E-state index in [0.717, 1.165) is 44.9 Å². The topological polar surface area (TPSA) is 63.6 Å². The minimum absolute atomic E-state index is 0.00423. The Bertz CT molecular complexity index is 372. The molecule has 0 heterocycles. The summed E-state index contributed by atoms with van der Waals surface area (Å²) < 4.78 is 5.07. The maximum Gasteiger partial charge on any atom is 0.311 e. The van der Waals surface area contributed by atoms with Gasteiger partial charge >= 0.3 is 5.97 Å². The van der Waals surface area contributed by atoms with Crippen LogP contribution in [0.25, 0.3) is 0 Å². The third-order valence-electron chi connectivity index (χ3n) is 4.57. The van der Waals surface area contributed by atoms with Gasteiger partial charge in [-0.15, -0.1) is 0 Å². The fraction of sp³-hybridized carbons (Fsp3) is 0.900. The standard InChI is InChI=1S/C20H38O4/c1-6-24-18(23)20(4,5)15-11-9-13-17(22)12-8-7-10-14-19(2,3)16-21/h21H,6-16H2,1-5H3. The van der Waals surface area contributed by atoms with E-state index in [2.05, 4.69) is 13.8 Å². The van der Waals surface area contributed by atoms with Gasteiger partial charge in [0.25, 0.3) is 0 Å². The lowest BCUT2D eigenvalue weighted by Crippen LogP contribution is -2.26. The van der Waals surface area contributed by atoms with Gasteiger partial charge in [-0.25, -0.2) is 0 Å². The average molecular weight is 343 g/mol. The van der Waals surface area contributed by atoms with Crippen LogP contribution in [0.3, 0.4) is 0 Å². The Morgan fingerprint density at radius 2 is 1.42 bits per heavy atom. The van der Waals surface area contributed by atoms with E-state index in [4.69, 9.17) is 4.74 Å². The lowest BCUT2D eigenvalue weighted by molar-refractivity contribution is -0.153. The molecule has 4 nitrogen and oxygen atoms in total. The summed E-state index contributed by atoms with van der Waals surface area (Å²) >= 11 is 0. The Morgan fingerprint density at radius 1 is 0.875 bits per heavy atom. The molecule has 0 saturated heterocycles. The molecule has 0 atom stereocenters. The van der Waals surface area contributed by atoms with Crippen molar-refractivity contribution < 1.29 is 19.4 Å². The van der Waals surface area contributed by atoms with Gasteiger partial charge in [0.15, 0.2) is 0 Å². The first-order chi connectivity index (χ1) is 11.1. The molecule has 0 bridgehead atoms. The number of esters is 1. The molecule has 0 aliphatic carbocycles. The second-order valence-electron chi connectivity index (χ2n) is 8.23. The number of ether oxygens (including phenoxy) is 1. The van der Waals surface area contributed by atoms with E-state index in [1.807, 2.05) is 20.8 Å². The van der Waals surface area contributed by atoms with Crippen molar-refractivity contribution in [3.05, 3.63) is 0 Å². The van der Waals surface area contributed by atoms with Crippen LogP contribution in [0.15, 0.2) is 0 Å². The highest BCUT2D eigenvalue weighted by Crippen LogP contribution is 2.26. The molecule has 142 valence electrons. The van der Waals surface area contributed by atoms with Crippen LogP contribution >= 0.6 is 0 Å². The van der Waals surface area contributed by atoms with Crippen LogP contribution in [0.5, 0.6) is 0 Å². The number of carbonyl (C=O) groups is 2. The number of ketones is 1. The Labute approximate surface area is 148 Å². The highest BCUT2D eigenvalue weighted by molar-refractivity contribution is 5.78. The molecule has 0 aliphatic heterocycles. The molecule has 0 rings (SSSR count). The lowest BCUT2D eigenvalue weighted by Gasteiger charge is -2.21. The Hall–Kier alpha value is -0.900. The first-order valence-corrected chi connectivity index (χ1v) is 9.44. The second-order valence-corrected chi connectivity index (χ2v) is 8.23. The smallest absolute Gasteiger partial charge is 0.311 e. The fourth-order valence-corrected chi connectivity index (χ4v) is 2.62. The monoisotopic (exact) mass is 342 g/mol. The van der Waals surface area contributed by atoms with Gasteiger partial charge in [-0.05, 0) is 51.9 Å². The van der Waals surface area contributed by atoms with E-state index in [0.29, 0.717) is 25.2 Å². The van der Waals surface area contributed by atoms with Gasteiger partial charge < -0.3 is 9.84 Å². The first-order valence-electron chi connectivity index (χ1n) is 9.44. The molecule has 0 aromatic rings. The van der Waals surface area contributed by atoms with E-state index in [-0.39, 0.29) is 18.0 Å². The summed E-state index contributed by atoms with van der Waals surface area (Å²) in [5.41, 5.74) is -0.464. The zero-order valence-electron chi connectivity index (χ0n) is 16.5. The van der Waals surface area contributed by atoms with Crippen molar-refractivity contribution in [2.24, 2.45) is 10.8 Å². The minimum atomic E-state index is -0.460. The summed E-state index contributed by atoms with van der Waals surface area (Å²) in [6.07, 6.45) is 7.80. The van der Waals surface area contributed by atoms with Crippen LogP contribution < -0.4 is 0 Å². The van der Waals surface area contributed by atoms with Gasteiger partial charge in [-0.3, -0.25) is 9.59 Å².